The molecular weight excluding hydrogens is 464 g/mol. The van der Waals surface area contributed by atoms with E-state index < -0.39 is 5.97 Å². The molecule has 0 saturated carbocycles. The molecule has 33 heavy (non-hydrogen) atoms. The molecule has 0 atom stereocenters. The minimum Gasteiger partial charge on any atom is -0.496 e. The molecule has 1 aromatic heterocycles. The number of hydrogen-bond donors (Lipinski definition) is 2. The number of thioether (sulfide) groups is 1. The van der Waals surface area contributed by atoms with Crippen LogP contribution >= 0.6 is 23.4 Å². The molecule has 0 aliphatic heterocycles. The van der Waals surface area contributed by atoms with Crippen LogP contribution in [-0.2, 0) is 4.79 Å². The zero-order valence-corrected chi connectivity index (χ0v) is 20.3. The van der Waals surface area contributed by atoms with Gasteiger partial charge in [-0.15, -0.1) is 5.10 Å². The largest absolute Gasteiger partial charge is 0.496 e. The summed E-state index contributed by atoms with van der Waals surface area (Å²) in [6.07, 6.45) is 1.55. The summed E-state index contributed by atoms with van der Waals surface area (Å²) < 4.78 is 10.9. The molecule has 0 radical (unpaired) electrons. The molecule has 1 heterocycles. The number of aromatic nitrogens is 3. The molecule has 0 amide bonds. The molecule has 0 saturated heterocycles. The number of halogens is 1. The first-order chi connectivity index (χ1) is 15.9. The first-order valence-electron chi connectivity index (χ1n) is 10.2. The minimum absolute atomic E-state index is 0.0486. The van der Waals surface area contributed by atoms with Gasteiger partial charge in [-0.3, -0.25) is 5.10 Å². The van der Waals surface area contributed by atoms with Crippen molar-refractivity contribution in [1.82, 2.24) is 15.2 Å². The summed E-state index contributed by atoms with van der Waals surface area (Å²) in [5, 5.41) is 17.5. The van der Waals surface area contributed by atoms with Gasteiger partial charge in [0.2, 0.25) is 5.16 Å². The van der Waals surface area contributed by atoms with Crippen LogP contribution in [0.3, 0.4) is 0 Å². The van der Waals surface area contributed by atoms with Crippen molar-refractivity contribution in [1.29, 1.82) is 0 Å². The average Bonchev–Trinajstić information content (AvgIpc) is 3.28. The van der Waals surface area contributed by atoms with E-state index in [-0.39, 0.29) is 10.1 Å². The quantitative estimate of drug-likeness (QED) is 0.296. The number of nitrogens with one attached hydrogen (secondary N) is 1. The Morgan fingerprint density at radius 1 is 1.15 bits per heavy atom. The van der Waals surface area contributed by atoms with Crippen molar-refractivity contribution in [3.8, 4) is 22.9 Å². The van der Waals surface area contributed by atoms with E-state index in [0.717, 1.165) is 30.5 Å². The zero-order chi connectivity index (χ0) is 24.0. The number of nitrogens with zero attached hydrogens (tertiary/aromatic N) is 3. The number of rotatable bonds is 10. The lowest BCUT2D eigenvalue weighted by Gasteiger charge is -2.22. The molecule has 0 aliphatic carbocycles. The molecule has 0 spiro atoms. The van der Waals surface area contributed by atoms with Crippen molar-refractivity contribution in [2.24, 2.45) is 0 Å². The third kappa shape index (κ3) is 5.80. The topological polar surface area (TPSA) is 101 Å². The summed E-state index contributed by atoms with van der Waals surface area (Å²) in [5.74, 6) is 0.474. The number of carboxylic acids is 1. The van der Waals surface area contributed by atoms with Gasteiger partial charge in [-0.1, -0.05) is 11.6 Å². The van der Waals surface area contributed by atoms with Crippen LogP contribution in [0.2, 0.25) is 5.02 Å². The third-order valence-corrected chi connectivity index (χ3v) is 6.04. The zero-order valence-electron chi connectivity index (χ0n) is 18.8. The number of carboxylic acid groups (broad SMARTS) is 1. The van der Waals surface area contributed by atoms with E-state index in [2.05, 4.69) is 33.9 Å². The smallest absolute Gasteiger partial charge is 0.342 e. The lowest BCUT2D eigenvalue weighted by atomic mass is 10.1. The third-order valence-electron chi connectivity index (χ3n) is 4.93. The van der Waals surface area contributed by atoms with E-state index in [1.54, 1.807) is 38.5 Å². The lowest BCUT2D eigenvalue weighted by Crippen LogP contribution is -2.21. The van der Waals surface area contributed by atoms with E-state index in [0.29, 0.717) is 33.5 Å². The summed E-state index contributed by atoms with van der Waals surface area (Å²) in [6, 6.07) is 10.8. The highest BCUT2D eigenvalue weighted by Gasteiger charge is 2.17. The number of hydrogen-bond acceptors (Lipinski definition) is 7. The normalized spacial score (nSPS) is 11.4. The van der Waals surface area contributed by atoms with Gasteiger partial charge in [-0.05, 0) is 62.0 Å². The Morgan fingerprint density at radius 3 is 2.52 bits per heavy atom. The van der Waals surface area contributed by atoms with Crippen LogP contribution in [0.1, 0.15) is 19.4 Å². The Hall–Kier alpha value is -3.17. The second-order valence-corrected chi connectivity index (χ2v) is 8.27. The molecule has 8 nitrogen and oxygen atoms in total. The van der Waals surface area contributed by atoms with Crippen molar-refractivity contribution >= 4 is 41.1 Å². The van der Waals surface area contributed by atoms with Gasteiger partial charge in [-0.2, -0.15) is 0 Å². The fourth-order valence-electron chi connectivity index (χ4n) is 3.26. The standard InChI is InChI=1S/C23H25ClN4O4S/c1-5-28(6-2)16-9-7-14(19(13-16)32-4)11-20(22(29)30)33-23-25-21(26-27-23)17-12-15(24)8-10-18(17)31-3/h7-13H,5-6H2,1-4H3,(H,29,30)(H,25,26,27)/b20-11-. The summed E-state index contributed by atoms with van der Waals surface area (Å²) in [7, 11) is 3.11. The molecule has 0 fully saturated rings. The predicted octanol–water partition coefficient (Wildman–Crippen LogP) is 5.21. The number of benzene rings is 2. The number of aliphatic carboxylic acids is 1. The molecule has 3 aromatic rings. The fraction of sp³-hybridized carbons (Fsp3) is 0.261. The summed E-state index contributed by atoms with van der Waals surface area (Å²) in [5.41, 5.74) is 2.28. The molecule has 2 aromatic carbocycles. The molecule has 2 N–H and O–H groups in total. The highest BCUT2D eigenvalue weighted by Crippen LogP contribution is 2.34. The van der Waals surface area contributed by atoms with Gasteiger partial charge in [0.15, 0.2) is 5.82 Å². The van der Waals surface area contributed by atoms with Crippen molar-refractivity contribution in [3.63, 3.8) is 0 Å². The Bertz CT molecular complexity index is 1160. The van der Waals surface area contributed by atoms with Crippen LogP contribution < -0.4 is 14.4 Å². The average molecular weight is 489 g/mol. The highest BCUT2D eigenvalue weighted by molar-refractivity contribution is 8.04. The van der Waals surface area contributed by atoms with E-state index >= 15 is 0 Å². The maximum atomic E-state index is 12.0. The number of methoxy groups -OCH3 is 2. The molecule has 10 heteroatoms. The second kappa shape index (κ2) is 11.1. The molecule has 174 valence electrons. The molecule has 3 rings (SSSR count). The summed E-state index contributed by atoms with van der Waals surface area (Å²) in [6.45, 7) is 5.87. The van der Waals surface area contributed by atoms with Crippen molar-refractivity contribution in [2.45, 2.75) is 19.0 Å². The van der Waals surface area contributed by atoms with Crippen molar-refractivity contribution < 1.29 is 19.4 Å². The maximum Gasteiger partial charge on any atom is 0.342 e. The monoisotopic (exact) mass is 488 g/mol. The van der Waals surface area contributed by atoms with Gasteiger partial charge >= 0.3 is 5.97 Å². The van der Waals surface area contributed by atoms with E-state index in [1.807, 2.05) is 18.2 Å². The van der Waals surface area contributed by atoms with Crippen LogP contribution in [-0.4, -0.2) is 53.6 Å². The molecule has 0 aliphatic rings. The van der Waals surface area contributed by atoms with Gasteiger partial charge in [0.25, 0.3) is 0 Å². The van der Waals surface area contributed by atoms with Crippen LogP contribution in [0.4, 0.5) is 5.69 Å². The molecule has 0 bridgehead atoms. The van der Waals surface area contributed by atoms with E-state index in [4.69, 9.17) is 21.1 Å². The van der Waals surface area contributed by atoms with Crippen molar-refractivity contribution in [3.05, 3.63) is 51.9 Å². The molecular formula is C23H25ClN4O4S. The first kappa shape index (κ1) is 24.5. The first-order valence-corrected chi connectivity index (χ1v) is 11.4. The lowest BCUT2D eigenvalue weighted by molar-refractivity contribution is -0.131. The van der Waals surface area contributed by atoms with Crippen LogP contribution in [0.5, 0.6) is 11.5 Å². The highest BCUT2D eigenvalue weighted by atomic mass is 35.5. The van der Waals surface area contributed by atoms with Crippen LogP contribution in [0.15, 0.2) is 46.5 Å². The maximum absolute atomic E-state index is 12.0. The van der Waals surface area contributed by atoms with Gasteiger partial charge in [0.1, 0.15) is 16.4 Å². The fourth-order valence-corrected chi connectivity index (χ4v) is 4.13. The van der Waals surface area contributed by atoms with Crippen molar-refractivity contribution in [2.75, 3.05) is 32.2 Å². The predicted molar refractivity (Wildman–Crippen MR) is 131 cm³/mol. The number of carbonyl (C=O) groups is 1. The SMILES string of the molecule is CCN(CC)c1ccc(/C=C(\Sc2n[nH]c(-c3cc(Cl)ccc3OC)n2)C(=O)O)c(OC)c1. The summed E-state index contributed by atoms with van der Waals surface area (Å²) in [4.78, 5) is 18.6. The van der Waals surface area contributed by atoms with Gasteiger partial charge in [-0.25, -0.2) is 9.78 Å². The summed E-state index contributed by atoms with van der Waals surface area (Å²) >= 11 is 7.03. The Morgan fingerprint density at radius 2 is 1.88 bits per heavy atom. The number of ether oxygens (including phenoxy) is 2. The van der Waals surface area contributed by atoms with Gasteiger partial charge < -0.3 is 19.5 Å². The number of aromatic amines is 1. The van der Waals surface area contributed by atoms with Gasteiger partial charge in [0, 0.05) is 35.4 Å². The van der Waals surface area contributed by atoms with Gasteiger partial charge in [0.05, 0.1) is 19.8 Å². The Balaban J connectivity index is 1.91. The Labute approximate surface area is 201 Å². The van der Waals surface area contributed by atoms with E-state index in [9.17, 15) is 9.90 Å². The Kier molecular flexibility index (Phi) is 8.24. The molecule has 0 unspecified atom stereocenters. The second-order valence-electron chi connectivity index (χ2n) is 6.83. The number of H-pyrrole nitrogens is 1. The van der Waals surface area contributed by atoms with E-state index in [1.165, 1.54) is 0 Å². The number of anilines is 1. The van der Waals surface area contributed by atoms with Crippen LogP contribution in [0, 0.1) is 0 Å². The minimum atomic E-state index is -1.10. The van der Waals surface area contributed by atoms with Crippen LogP contribution in [0.25, 0.3) is 17.5 Å².